The van der Waals surface area contributed by atoms with Gasteiger partial charge in [-0.25, -0.2) is 4.98 Å². The third-order valence-electron chi connectivity index (χ3n) is 3.85. The second-order valence-electron chi connectivity index (χ2n) is 5.59. The Bertz CT molecular complexity index is 675. The van der Waals surface area contributed by atoms with Gasteiger partial charge in [0.05, 0.1) is 19.3 Å². The van der Waals surface area contributed by atoms with E-state index in [1.807, 2.05) is 6.92 Å². The van der Waals surface area contributed by atoms with E-state index >= 15 is 0 Å². The second-order valence-corrected chi connectivity index (χ2v) is 5.59. The van der Waals surface area contributed by atoms with Crippen molar-refractivity contribution < 1.29 is 14.3 Å². The molecule has 1 aliphatic heterocycles. The molecule has 0 saturated carbocycles. The smallest absolute Gasteiger partial charge is 0.263 e. The molecule has 2 aromatic rings. The number of pyridine rings is 1. The molecule has 2 aromatic heterocycles. The van der Waals surface area contributed by atoms with E-state index in [4.69, 9.17) is 9.47 Å². The number of nitrogens with one attached hydrogen (secondary N) is 1. The molecule has 1 N–H and O–H groups in total. The number of aromatic nitrogens is 4. The standard InChI is InChI=1S/C16H21N5O3/c1-3-14-18-15(20-19-14)13-10-21(7-8-23-13)16(22)11(2)24-12-5-4-6-17-9-12/h4-6,9,11,13H,3,7-8,10H2,1-2H3,(H,18,19,20)/t11-,13-/m0/s1. The molecular formula is C16H21N5O3. The molecule has 1 aliphatic rings. The largest absolute Gasteiger partial charge is 0.479 e. The Hall–Kier alpha value is -2.48. The Balaban J connectivity index is 1.62. The lowest BCUT2D eigenvalue weighted by Crippen LogP contribution is -2.47. The summed E-state index contributed by atoms with van der Waals surface area (Å²) < 4.78 is 11.4. The van der Waals surface area contributed by atoms with Crippen molar-refractivity contribution in [3.8, 4) is 5.75 Å². The zero-order valence-corrected chi connectivity index (χ0v) is 13.8. The van der Waals surface area contributed by atoms with Gasteiger partial charge in [-0.2, -0.15) is 5.10 Å². The molecule has 0 aliphatic carbocycles. The first-order chi connectivity index (χ1) is 11.7. The Morgan fingerprint density at radius 1 is 1.58 bits per heavy atom. The Morgan fingerprint density at radius 3 is 3.17 bits per heavy atom. The van der Waals surface area contributed by atoms with Crippen LogP contribution >= 0.6 is 0 Å². The molecule has 1 saturated heterocycles. The number of H-pyrrole nitrogens is 1. The molecule has 3 heterocycles. The Labute approximate surface area is 140 Å². The van der Waals surface area contributed by atoms with E-state index in [2.05, 4.69) is 20.2 Å². The van der Waals surface area contributed by atoms with Crippen molar-refractivity contribution in [2.24, 2.45) is 0 Å². The molecule has 128 valence electrons. The molecule has 1 amide bonds. The van der Waals surface area contributed by atoms with Crippen LogP contribution in [0.3, 0.4) is 0 Å². The van der Waals surface area contributed by atoms with Crippen molar-refractivity contribution in [3.05, 3.63) is 36.2 Å². The van der Waals surface area contributed by atoms with Crippen molar-refractivity contribution in [3.63, 3.8) is 0 Å². The van der Waals surface area contributed by atoms with Crippen molar-refractivity contribution in [2.45, 2.75) is 32.5 Å². The quantitative estimate of drug-likeness (QED) is 0.883. The highest BCUT2D eigenvalue weighted by molar-refractivity contribution is 5.81. The number of morpholine rings is 1. The van der Waals surface area contributed by atoms with Crippen molar-refractivity contribution in [2.75, 3.05) is 19.7 Å². The lowest BCUT2D eigenvalue weighted by Gasteiger charge is -2.33. The minimum absolute atomic E-state index is 0.0848. The predicted octanol–water partition coefficient (Wildman–Crippen LogP) is 1.13. The van der Waals surface area contributed by atoms with Crippen LogP contribution in [0.4, 0.5) is 0 Å². The van der Waals surface area contributed by atoms with E-state index in [0.29, 0.717) is 31.3 Å². The maximum atomic E-state index is 12.6. The molecule has 0 bridgehead atoms. The van der Waals surface area contributed by atoms with Gasteiger partial charge in [-0.15, -0.1) is 0 Å². The number of hydrogen-bond acceptors (Lipinski definition) is 6. The minimum Gasteiger partial charge on any atom is -0.479 e. The average Bonchev–Trinajstić information content (AvgIpc) is 3.11. The summed E-state index contributed by atoms with van der Waals surface area (Å²) in [5.74, 6) is 1.89. The van der Waals surface area contributed by atoms with Crippen LogP contribution in [0.1, 0.15) is 31.6 Å². The number of hydrogen-bond donors (Lipinski definition) is 1. The molecular weight excluding hydrogens is 310 g/mol. The van der Waals surface area contributed by atoms with Crippen molar-refractivity contribution >= 4 is 5.91 Å². The highest BCUT2D eigenvalue weighted by atomic mass is 16.5. The molecule has 24 heavy (non-hydrogen) atoms. The van der Waals surface area contributed by atoms with Crippen molar-refractivity contribution in [1.29, 1.82) is 0 Å². The zero-order chi connectivity index (χ0) is 16.9. The van der Waals surface area contributed by atoms with Crippen LogP contribution in [0.25, 0.3) is 0 Å². The summed E-state index contributed by atoms with van der Waals surface area (Å²) in [5, 5.41) is 7.05. The van der Waals surface area contributed by atoms with Crippen LogP contribution in [-0.4, -0.2) is 56.8 Å². The van der Waals surface area contributed by atoms with Gasteiger partial charge in [-0.1, -0.05) is 6.92 Å². The van der Waals surface area contributed by atoms with E-state index < -0.39 is 6.10 Å². The number of carbonyl (C=O) groups excluding carboxylic acids is 1. The lowest BCUT2D eigenvalue weighted by atomic mass is 10.2. The van der Waals surface area contributed by atoms with Gasteiger partial charge >= 0.3 is 0 Å². The van der Waals surface area contributed by atoms with E-state index in [-0.39, 0.29) is 12.0 Å². The maximum Gasteiger partial charge on any atom is 0.263 e. The summed E-state index contributed by atoms with van der Waals surface area (Å²) >= 11 is 0. The lowest BCUT2D eigenvalue weighted by molar-refractivity contribution is -0.146. The monoisotopic (exact) mass is 331 g/mol. The van der Waals surface area contributed by atoms with E-state index in [1.165, 1.54) is 0 Å². The minimum atomic E-state index is -0.591. The SMILES string of the molecule is CCc1nc([C@@H]2CN(C(=O)[C@H](C)Oc3cccnc3)CCO2)n[nH]1. The third-order valence-corrected chi connectivity index (χ3v) is 3.85. The number of aromatic amines is 1. The van der Waals surface area contributed by atoms with Crippen LogP contribution in [0.15, 0.2) is 24.5 Å². The number of carbonyl (C=O) groups is 1. The Kier molecular flexibility index (Phi) is 5.05. The summed E-state index contributed by atoms with van der Waals surface area (Å²) in [6, 6.07) is 3.55. The fourth-order valence-corrected chi connectivity index (χ4v) is 2.55. The predicted molar refractivity (Wildman–Crippen MR) is 85.4 cm³/mol. The number of amides is 1. The van der Waals surface area contributed by atoms with Crippen molar-refractivity contribution in [1.82, 2.24) is 25.1 Å². The van der Waals surface area contributed by atoms with Gasteiger partial charge in [0, 0.05) is 19.2 Å². The molecule has 2 atom stereocenters. The van der Waals surface area contributed by atoms with Crippen LogP contribution in [0, 0.1) is 0 Å². The van der Waals surface area contributed by atoms with Crippen LogP contribution in [0.2, 0.25) is 0 Å². The van der Waals surface area contributed by atoms with Gasteiger partial charge in [0.1, 0.15) is 17.7 Å². The molecule has 0 unspecified atom stereocenters. The highest BCUT2D eigenvalue weighted by Gasteiger charge is 2.31. The first-order valence-corrected chi connectivity index (χ1v) is 8.05. The van der Waals surface area contributed by atoms with Crippen LogP contribution < -0.4 is 4.74 Å². The van der Waals surface area contributed by atoms with Gasteiger partial charge in [0.15, 0.2) is 11.9 Å². The van der Waals surface area contributed by atoms with E-state index in [1.54, 1.807) is 36.4 Å². The number of rotatable bonds is 5. The number of ether oxygens (including phenoxy) is 2. The molecule has 8 heteroatoms. The molecule has 1 fully saturated rings. The van der Waals surface area contributed by atoms with Crippen LogP contribution in [0.5, 0.6) is 5.75 Å². The van der Waals surface area contributed by atoms with Gasteiger partial charge in [-0.05, 0) is 19.1 Å². The molecule has 3 rings (SSSR count). The highest BCUT2D eigenvalue weighted by Crippen LogP contribution is 2.20. The summed E-state index contributed by atoms with van der Waals surface area (Å²) in [4.78, 5) is 22.7. The Morgan fingerprint density at radius 2 is 2.46 bits per heavy atom. The summed E-state index contributed by atoms with van der Waals surface area (Å²) in [7, 11) is 0. The van der Waals surface area contributed by atoms with Gasteiger partial charge in [0.2, 0.25) is 0 Å². The molecule has 0 radical (unpaired) electrons. The number of aryl methyl sites for hydroxylation is 1. The topological polar surface area (TPSA) is 93.2 Å². The fourth-order valence-electron chi connectivity index (χ4n) is 2.55. The summed E-state index contributed by atoms with van der Waals surface area (Å²) in [5.41, 5.74) is 0. The van der Waals surface area contributed by atoms with E-state index in [9.17, 15) is 4.79 Å². The van der Waals surface area contributed by atoms with E-state index in [0.717, 1.165) is 12.2 Å². The molecule has 8 nitrogen and oxygen atoms in total. The number of nitrogens with zero attached hydrogens (tertiary/aromatic N) is 4. The summed E-state index contributed by atoms with van der Waals surface area (Å²) in [6.07, 6.45) is 3.12. The first-order valence-electron chi connectivity index (χ1n) is 8.05. The average molecular weight is 331 g/mol. The van der Waals surface area contributed by atoms with Gasteiger partial charge in [0.25, 0.3) is 5.91 Å². The maximum absolute atomic E-state index is 12.6. The zero-order valence-electron chi connectivity index (χ0n) is 13.8. The fraction of sp³-hybridized carbons (Fsp3) is 0.500. The van der Waals surface area contributed by atoms with Gasteiger partial charge < -0.3 is 14.4 Å². The van der Waals surface area contributed by atoms with Crippen LogP contribution in [-0.2, 0) is 16.0 Å². The third kappa shape index (κ3) is 3.70. The molecule has 0 spiro atoms. The first kappa shape index (κ1) is 16.4. The van der Waals surface area contributed by atoms with Gasteiger partial charge in [-0.3, -0.25) is 14.9 Å². The summed E-state index contributed by atoms with van der Waals surface area (Å²) in [6.45, 7) is 5.13. The second kappa shape index (κ2) is 7.39. The normalized spacial score (nSPS) is 19.1. The molecule has 0 aromatic carbocycles.